The molecule has 0 amide bonds. The van der Waals surface area contributed by atoms with Crippen LogP contribution in [0.15, 0.2) is 24.3 Å². The number of hydrogen-bond acceptors (Lipinski definition) is 1. The molecule has 2 rings (SSSR count). The topological polar surface area (TPSA) is 26.0 Å². The number of alkyl halides is 3. The van der Waals surface area contributed by atoms with E-state index in [1.807, 2.05) is 13.8 Å². The molecule has 4 heteroatoms. The molecule has 0 bridgehead atoms. The summed E-state index contributed by atoms with van der Waals surface area (Å²) < 4.78 is 36.6. The average molecular weight is 231 g/mol. The summed E-state index contributed by atoms with van der Waals surface area (Å²) in [5.41, 5.74) is 5.67. The maximum absolute atomic E-state index is 12.2. The lowest BCUT2D eigenvalue weighted by molar-refractivity contribution is -0.137. The van der Waals surface area contributed by atoms with E-state index >= 15 is 0 Å². The molecular weight excluding hydrogens is 215 g/mol. The van der Waals surface area contributed by atoms with E-state index in [-0.39, 0.29) is 5.54 Å². The van der Waals surface area contributed by atoms with Crippen LogP contribution in [0.4, 0.5) is 13.2 Å². The second-order valence-electron chi connectivity index (χ2n) is 3.73. The van der Waals surface area contributed by atoms with Crippen molar-refractivity contribution in [2.24, 2.45) is 5.73 Å². The zero-order valence-electron chi connectivity index (χ0n) is 9.43. The van der Waals surface area contributed by atoms with Crippen LogP contribution in [-0.2, 0) is 11.7 Å². The largest absolute Gasteiger partial charge is 0.416 e. The fourth-order valence-electron chi connectivity index (χ4n) is 1.41. The molecule has 0 saturated heterocycles. The Kier molecular flexibility index (Phi) is 3.63. The van der Waals surface area contributed by atoms with Gasteiger partial charge in [-0.1, -0.05) is 26.0 Å². The Balaban J connectivity index is 0.000000606. The van der Waals surface area contributed by atoms with Crippen LogP contribution in [0.2, 0.25) is 0 Å². The fourth-order valence-corrected chi connectivity index (χ4v) is 1.41. The Morgan fingerprint density at radius 1 is 1.06 bits per heavy atom. The van der Waals surface area contributed by atoms with Crippen molar-refractivity contribution in [2.45, 2.75) is 38.4 Å². The lowest BCUT2D eigenvalue weighted by Gasteiger charge is -2.11. The van der Waals surface area contributed by atoms with E-state index in [2.05, 4.69) is 0 Å². The van der Waals surface area contributed by atoms with Gasteiger partial charge in [-0.25, -0.2) is 0 Å². The van der Waals surface area contributed by atoms with Crippen LogP contribution in [0, 0.1) is 0 Å². The molecule has 0 aromatic heterocycles. The summed E-state index contributed by atoms with van der Waals surface area (Å²) in [6, 6.07) is 5.11. The summed E-state index contributed by atoms with van der Waals surface area (Å²) in [5, 5.41) is 0. The summed E-state index contributed by atoms with van der Waals surface area (Å²) in [6.45, 7) is 4.00. The average Bonchev–Trinajstić information content (AvgIpc) is 3.00. The van der Waals surface area contributed by atoms with Crippen molar-refractivity contribution < 1.29 is 13.2 Å². The van der Waals surface area contributed by atoms with Gasteiger partial charge in [-0.3, -0.25) is 0 Å². The lowest BCUT2D eigenvalue weighted by atomic mass is 10.0. The van der Waals surface area contributed by atoms with Crippen molar-refractivity contribution in [3.8, 4) is 0 Å². The first-order valence-electron chi connectivity index (χ1n) is 5.38. The molecule has 90 valence electrons. The lowest BCUT2D eigenvalue weighted by Crippen LogP contribution is -2.18. The standard InChI is InChI=1S/C10H10F3N.C2H6/c11-10(12,13)8-3-1-7(2-4-8)9(14)5-6-9;1-2/h1-4H,5-6,14H2;1-2H3. The van der Waals surface area contributed by atoms with Crippen LogP contribution in [0.1, 0.15) is 37.8 Å². The SMILES string of the molecule is CC.NC1(c2ccc(C(F)(F)F)cc2)CC1. The number of nitrogens with two attached hydrogens (primary N) is 1. The number of hydrogen-bond donors (Lipinski definition) is 1. The quantitative estimate of drug-likeness (QED) is 0.783. The van der Waals surface area contributed by atoms with Gasteiger partial charge in [-0.15, -0.1) is 0 Å². The first kappa shape index (κ1) is 13.0. The molecule has 1 aliphatic carbocycles. The van der Waals surface area contributed by atoms with E-state index in [0.717, 1.165) is 30.5 Å². The van der Waals surface area contributed by atoms with Gasteiger partial charge in [0.25, 0.3) is 0 Å². The predicted octanol–water partition coefficient (Wildman–Crippen LogP) is 3.68. The molecule has 0 unspecified atom stereocenters. The van der Waals surface area contributed by atoms with Crippen LogP contribution in [0.25, 0.3) is 0 Å². The molecule has 1 fully saturated rings. The highest BCUT2D eigenvalue weighted by Crippen LogP contribution is 2.43. The van der Waals surface area contributed by atoms with Gasteiger partial charge in [0.2, 0.25) is 0 Å². The third-order valence-corrected chi connectivity index (χ3v) is 2.58. The van der Waals surface area contributed by atoms with Gasteiger partial charge in [0.1, 0.15) is 0 Å². The molecule has 2 N–H and O–H groups in total. The second-order valence-corrected chi connectivity index (χ2v) is 3.73. The highest BCUT2D eigenvalue weighted by Gasteiger charge is 2.40. The molecule has 1 aromatic rings. The van der Waals surface area contributed by atoms with E-state index in [1.54, 1.807) is 0 Å². The van der Waals surface area contributed by atoms with Crippen LogP contribution in [-0.4, -0.2) is 0 Å². The Morgan fingerprint density at radius 3 is 1.81 bits per heavy atom. The molecule has 16 heavy (non-hydrogen) atoms. The minimum absolute atomic E-state index is 0.357. The zero-order valence-corrected chi connectivity index (χ0v) is 9.43. The molecule has 0 heterocycles. The van der Waals surface area contributed by atoms with E-state index in [9.17, 15) is 13.2 Å². The first-order valence-corrected chi connectivity index (χ1v) is 5.38. The van der Waals surface area contributed by atoms with Crippen LogP contribution in [0.5, 0.6) is 0 Å². The van der Waals surface area contributed by atoms with Gasteiger partial charge in [0, 0.05) is 5.54 Å². The van der Waals surface area contributed by atoms with Crippen LogP contribution >= 0.6 is 0 Å². The van der Waals surface area contributed by atoms with Crippen LogP contribution in [0.3, 0.4) is 0 Å². The molecular formula is C12H16F3N. The van der Waals surface area contributed by atoms with Crippen molar-refractivity contribution in [3.05, 3.63) is 35.4 Å². The van der Waals surface area contributed by atoms with E-state index < -0.39 is 11.7 Å². The monoisotopic (exact) mass is 231 g/mol. The Labute approximate surface area is 93.5 Å². The van der Waals surface area contributed by atoms with Gasteiger partial charge in [0.05, 0.1) is 5.56 Å². The summed E-state index contributed by atoms with van der Waals surface area (Å²) in [5.74, 6) is 0. The van der Waals surface area contributed by atoms with Crippen LogP contribution < -0.4 is 5.73 Å². The van der Waals surface area contributed by atoms with E-state index in [0.29, 0.717) is 0 Å². The third kappa shape index (κ3) is 2.76. The first-order chi connectivity index (χ1) is 7.42. The molecule has 1 nitrogen and oxygen atoms in total. The Hall–Kier alpha value is -1.03. The number of benzene rings is 1. The van der Waals surface area contributed by atoms with E-state index in [4.69, 9.17) is 5.73 Å². The number of halogens is 3. The van der Waals surface area contributed by atoms with Crippen molar-refractivity contribution in [1.82, 2.24) is 0 Å². The van der Waals surface area contributed by atoms with Gasteiger partial charge < -0.3 is 5.73 Å². The maximum Gasteiger partial charge on any atom is 0.416 e. The van der Waals surface area contributed by atoms with Gasteiger partial charge in [-0.05, 0) is 30.5 Å². The van der Waals surface area contributed by atoms with Gasteiger partial charge in [0.15, 0.2) is 0 Å². The maximum atomic E-state index is 12.2. The Morgan fingerprint density at radius 2 is 1.50 bits per heavy atom. The molecule has 0 aliphatic heterocycles. The zero-order chi connectivity index (χ0) is 12.4. The van der Waals surface area contributed by atoms with Crippen molar-refractivity contribution in [1.29, 1.82) is 0 Å². The molecule has 0 atom stereocenters. The molecule has 0 radical (unpaired) electrons. The molecule has 1 aliphatic rings. The third-order valence-electron chi connectivity index (χ3n) is 2.58. The van der Waals surface area contributed by atoms with Gasteiger partial charge >= 0.3 is 6.18 Å². The predicted molar refractivity (Wildman–Crippen MR) is 57.9 cm³/mol. The highest BCUT2D eigenvalue weighted by molar-refractivity contribution is 5.33. The second kappa shape index (κ2) is 4.45. The summed E-state index contributed by atoms with van der Waals surface area (Å²) in [4.78, 5) is 0. The molecule has 1 saturated carbocycles. The number of rotatable bonds is 1. The highest BCUT2D eigenvalue weighted by atomic mass is 19.4. The smallest absolute Gasteiger partial charge is 0.321 e. The summed E-state index contributed by atoms with van der Waals surface area (Å²) in [6.07, 6.45) is -2.54. The molecule has 1 aromatic carbocycles. The molecule has 0 spiro atoms. The van der Waals surface area contributed by atoms with E-state index in [1.165, 1.54) is 12.1 Å². The normalized spacial score (nSPS) is 17.4. The van der Waals surface area contributed by atoms with Gasteiger partial charge in [-0.2, -0.15) is 13.2 Å². The van der Waals surface area contributed by atoms with Crippen molar-refractivity contribution >= 4 is 0 Å². The summed E-state index contributed by atoms with van der Waals surface area (Å²) in [7, 11) is 0. The minimum Gasteiger partial charge on any atom is -0.321 e. The van der Waals surface area contributed by atoms with Crippen molar-refractivity contribution in [2.75, 3.05) is 0 Å². The fraction of sp³-hybridized carbons (Fsp3) is 0.500. The minimum atomic E-state index is -4.26. The van der Waals surface area contributed by atoms with Crippen molar-refractivity contribution in [3.63, 3.8) is 0 Å². The summed E-state index contributed by atoms with van der Waals surface area (Å²) >= 11 is 0. The Bertz CT molecular complexity index is 312.